The lowest BCUT2D eigenvalue weighted by atomic mass is 9.76. The predicted molar refractivity (Wildman–Crippen MR) is 86.3 cm³/mol. The lowest BCUT2D eigenvalue weighted by Gasteiger charge is -2.32. The fourth-order valence-corrected chi connectivity index (χ4v) is 4.21. The van der Waals surface area contributed by atoms with Gasteiger partial charge in [-0.05, 0) is 74.7 Å². The van der Waals surface area contributed by atoms with E-state index in [9.17, 15) is 0 Å². The minimum absolute atomic E-state index is 0.495. The van der Waals surface area contributed by atoms with Crippen LogP contribution < -0.4 is 0 Å². The van der Waals surface area contributed by atoms with Gasteiger partial charge in [0.05, 0.1) is 0 Å². The zero-order chi connectivity index (χ0) is 13.8. The summed E-state index contributed by atoms with van der Waals surface area (Å²) in [7, 11) is 0. The number of nitrogens with zero attached hydrogens (tertiary/aromatic N) is 1. The number of aryl methyl sites for hydroxylation is 1. The summed E-state index contributed by atoms with van der Waals surface area (Å²) in [5, 5.41) is 0. The summed E-state index contributed by atoms with van der Waals surface area (Å²) in [4.78, 5) is 2.68. The summed E-state index contributed by atoms with van der Waals surface area (Å²) in [5.74, 6) is 0. The molecule has 3 rings (SSSR count). The first kappa shape index (κ1) is 14.1. The van der Waals surface area contributed by atoms with Crippen molar-refractivity contribution < 1.29 is 0 Å². The van der Waals surface area contributed by atoms with Gasteiger partial charge in [-0.15, -0.1) is 0 Å². The second-order valence-corrected chi connectivity index (χ2v) is 6.84. The van der Waals surface area contributed by atoms with Crippen LogP contribution >= 0.6 is 0 Å². The predicted octanol–water partition coefficient (Wildman–Crippen LogP) is 4.55. The Balaban J connectivity index is 1.72. The van der Waals surface area contributed by atoms with Crippen LogP contribution in [0.1, 0.15) is 63.0 Å². The number of hydrogen-bond acceptors (Lipinski definition) is 1. The normalized spacial score (nSPS) is 22.4. The molecule has 0 amide bonds. The standard InChI is InChI=1S/C19H29N/c1-2-17-7-9-18(10-8-17)19(11-3-4-12-19)13-16-20-14-5-6-15-20/h7-10H,2-6,11-16H2,1H3. The van der Waals surface area contributed by atoms with E-state index >= 15 is 0 Å². The molecule has 1 heteroatoms. The van der Waals surface area contributed by atoms with Crippen LogP contribution in [0.3, 0.4) is 0 Å². The highest BCUT2D eigenvalue weighted by atomic mass is 15.1. The van der Waals surface area contributed by atoms with E-state index in [-0.39, 0.29) is 0 Å². The van der Waals surface area contributed by atoms with Gasteiger partial charge in [-0.2, -0.15) is 0 Å². The molecule has 2 fully saturated rings. The lowest BCUT2D eigenvalue weighted by Crippen LogP contribution is -2.30. The van der Waals surface area contributed by atoms with E-state index in [4.69, 9.17) is 0 Å². The Kier molecular flexibility index (Phi) is 4.45. The van der Waals surface area contributed by atoms with Crippen LogP contribution in [0.25, 0.3) is 0 Å². The SMILES string of the molecule is CCc1ccc(C2(CCN3CCCC3)CCCC2)cc1. The van der Waals surface area contributed by atoms with Crippen molar-refractivity contribution in [3.63, 3.8) is 0 Å². The second-order valence-electron chi connectivity index (χ2n) is 6.84. The Labute approximate surface area is 124 Å². The lowest BCUT2D eigenvalue weighted by molar-refractivity contribution is 0.279. The van der Waals surface area contributed by atoms with Crippen LogP contribution in [-0.4, -0.2) is 24.5 Å². The molecule has 0 spiro atoms. The van der Waals surface area contributed by atoms with Crippen molar-refractivity contribution >= 4 is 0 Å². The molecule has 0 N–H and O–H groups in total. The average molecular weight is 271 g/mol. The van der Waals surface area contributed by atoms with Gasteiger partial charge in [0.25, 0.3) is 0 Å². The van der Waals surface area contributed by atoms with Crippen molar-refractivity contribution in [1.29, 1.82) is 0 Å². The third kappa shape index (κ3) is 2.93. The van der Waals surface area contributed by atoms with E-state index in [2.05, 4.69) is 36.1 Å². The smallest absolute Gasteiger partial charge is 0.00102 e. The Morgan fingerprint density at radius 3 is 2.20 bits per heavy atom. The number of likely N-dealkylation sites (tertiary alicyclic amines) is 1. The van der Waals surface area contributed by atoms with Gasteiger partial charge >= 0.3 is 0 Å². The van der Waals surface area contributed by atoms with E-state index in [0.29, 0.717) is 5.41 Å². The molecule has 1 saturated heterocycles. The largest absolute Gasteiger partial charge is 0.303 e. The zero-order valence-corrected chi connectivity index (χ0v) is 13.0. The molecule has 1 aliphatic heterocycles. The molecule has 2 aliphatic rings. The first-order valence-corrected chi connectivity index (χ1v) is 8.64. The van der Waals surface area contributed by atoms with Crippen molar-refractivity contribution in [2.24, 2.45) is 0 Å². The fourth-order valence-electron chi connectivity index (χ4n) is 4.21. The summed E-state index contributed by atoms with van der Waals surface area (Å²) >= 11 is 0. The number of benzene rings is 1. The van der Waals surface area contributed by atoms with Gasteiger partial charge in [0.15, 0.2) is 0 Å². The van der Waals surface area contributed by atoms with Crippen molar-refractivity contribution in [3.8, 4) is 0 Å². The molecule has 1 aromatic rings. The molecule has 1 nitrogen and oxygen atoms in total. The Bertz CT molecular complexity index is 408. The van der Waals surface area contributed by atoms with Gasteiger partial charge in [-0.1, -0.05) is 44.0 Å². The Morgan fingerprint density at radius 1 is 0.950 bits per heavy atom. The van der Waals surface area contributed by atoms with Gasteiger partial charge in [-0.25, -0.2) is 0 Å². The van der Waals surface area contributed by atoms with Crippen molar-refractivity contribution in [1.82, 2.24) is 4.90 Å². The first-order valence-electron chi connectivity index (χ1n) is 8.64. The summed E-state index contributed by atoms with van der Waals surface area (Å²) in [6, 6.07) is 9.55. The van der Waals surface area contributed by atoms with Gasteiger partial charge in [0.1, 0.15) is 0 Å². The van der Waals surface area contributed by atoms with Gasteiger partial charge < -0.3 is 4.90 Å². The van der Waals surface area contributed by atoms with E-state index in [1.54, 1.807) is 5.56 Å². The molecule has 1 aliphatic carbocycles. The van der Waals surface area contributed by atoms with Crippen molar-refractivity contribution in [2.75, 3.05) is 19.6 Å². The number of rotatable bonds is 5. The van der Waals surface area contributed by atoms with Crippen LogP contribution in [0.2, 0.25) is 0 Å². The van der Waals surface area contributed by atoms with Gasteiger partial charge in [0, 0.05) is 0 Å². The minimum atomic E-state index is 0.495. The second kappa shape index (κ2) is 6.30. The van der Waals surface area contributed by atoms with Crippen LogP contribution in [0, 0.1) is 0 Å². The maximum absolute atomic E-state index is 2.68. The highest BCUT2D eigenvalue weighted by Crippen LogP contribution is 2.44. The Hall–Kier alpha value is -0.820. The topological polar surface area (TPSA) is 3.24 Å². The molecule has 0 radical (unpaired) electrons. The van der Waals surface area contributed by atoms with Gasteiger partial charge in [-0.3, -0.25) is 0 Å². The van der Waals surface area contributed by atoms with E-state index < -0.39 is 0 Å². The first-order chi connectivity index (χ1) is 9.82. The number of hydrogen-bond donors (Lipinski definition) is 0. The maximum atomic E-state index is 2.68. The summed E-state index contributed by atoms with van der Waals surface area (Å²) in [5.41, 5.74) is 3.59. The molecule has 1 heterocycles. The van der Waals surface area contributed by atoms with Crippen LogP contribution in [-0.2, 0) is 11.8 Å². The fraction of sp³-hybridized carbons (Fsp3) is 0.684. The molecular weight excluding hydrogens is 242 g/mol. The molecular formula is C19H29N. The van der Waals surface area contributed by atoms with Crippen LogP contribution in [0.5, 0.6) is 0 Å². The maximum Gasteiger partial charge on any atom is -0.00102 e. The molecule has 0 aromatic heterocycles. The molecule has 110 valence electrons. The van der Waals surface area contributed by atoms with E-state index in [1.807, 2.05) is 0 Å². The molecule has 20 heavy (non-hydrogen) atoms. The third-order valence-corrected chi connectivity index (χ3v) is 5.64. The van der Waals surface area contributed by atoms with Gasteiger partial charge in [0.2, 0.25) is 0 Å². The summed E-state index contributed by atoms with van der Waals surface area (Å²) < 4.78 is 0. The molecule has 0 atom stereocenters. The summed E-state index contributed by atoms with van der Waals surface area (Å²) in [6.07, 6.45) is 11.0. The molecule has 0 bridgehead atoms. The summed E-state index contributed by atoms with van der Waals surface area (Å²) in [6.45, 7) is 6.24. The monoisotopic (exact) mass is 271 g/mol. The van der Waals surface area contributed by atoms with Crippen molar-refractivity contribution in [2.45, 2.75) is 63.7 Å². The van der Waals surface area contributed by atoms with E-state index in [0.717, 1.165) is 6.42 Å². The highest BCUT2D eigenvalue weighted by molar-refractivity contribution is 5.30. The highest BCUT2D eigenvalue weighted by Gasteiger charge is 2.35. The molecule has 0 unspecified atom stereocenters. The quantitative estimate of drug-likeness (QED) is 0.759. The van der Waals surface area contributed by atoms with Crippen LogP contribution in [0.15, 0.2) is 24.3 Å². The third-order valence-electron chi connectivity index (χ3n) is 5.64. The van der Waals surface area contributed by atoms with Crippen molar-refractivity contribution in [3.05, 3.63) is 35.4 Å². The van der Waals surface area contributed by atoms with Crippen LogP contribution in [0.4, 0.5) is 0 Å². The average Bonchev–Trinajstić information content (AvgIpc) is 3.17. The Morgan fingerprint density at radius 2 is 1.60 bits per heavy atom. The zero-order valence-electron chi connectivity index (χ0n) is 13.0. The van der Waals surface area contributed by atoms with E-state index in [1.165, 1.54) is 70.1 Å². The minimum Gasteiger partial charge on any atom is -0.303 e. The molecule has 1 saturated carbocycles. The molecule has 1 aromatic carbocycles.